The van der Waals surface area contributed by atoms with Gasteiger partial charge in [0.2, 0.25) is 0 Å². The first-order valence-corrected chi connectivity index (χ1v) is 6.79. The fourth-order valence-corrected chi connectivity index (χ4v) is 2.05. The van der Waals surface area contributed by atoms with Gasteiger partial charge in [0.1, 0.15) is 5.82 Å². The first-order valence-electron chi connectivity index (χ1n) is 6.79. The summed E-state index contributed by atoms with van der Waals surface area (Å²) in [5.74, 6) is -9.45. The summed E-state index contributed by atoms with van der Waals surface area (Å²) >= 11 is 0. The van der Waals surface area contributed by atoms with Crippen molar-refractivity contribution in [2.24, 2.45) is 0 Å². The van der Waals surface area contributed by atoms with Crippen LogP contribution in [0.2, 0.25) is 0 Å². The Morgan fingerprint density at radius 3 is 2.17 bits per heavy atom. The molecule has 0 aliphatic rings. The number of nitrogens with one attached hydrogen (secondary N) is 1. The number of aliphatic hydroxyl groups excluding tert-OH is 1. The molecular formula is C16H12F5NO2. The molecule has 0 saturated heterocycles. The number of carbonyl (C=O) groups is 1. The monoisotopic (exact) mass is 345 g/mol. The predicted octanol–water partition coefficient (Wildman–Crippen LogP) is 3.23. The minimum Gasteiger partial charge on any atom is -0.386 e. The Bertz CT molecular complexity index is 764. The predicted molar refractivity (Wildman–Crippen MR) is 74.6 cm³/mol. The molecule has 0 saturated carbocycles. The molecule has 2 rings (SSSR count). The second kappa shape index (κ2) is 6.96. The molecule has 3 nitrogen and oxygen atoms in total. The molecule has 2 atom stereocenters. The lowest BCUT2D eigenvalue weighted by Gasteiger charge is -2.21. The Balaban J connectivity index is 2.18. The Kier molecular flexibility index (Phi) is 5.18. The molecule has 0 aromatic heterocycles. The molecular weight excluding hydrogens is 333 g/mol. The van der Waals surface area contributed by atoms with Crippen LogP contribution in [0.5, 0.6) is 0 Å². The van der Waals surface area contributed by atoms with Crippen molar-refractivity contribution in [2.45, 2.75) is 19.1 Å². The van der Waals surface area contributed by atoms with Crippen molar-refractivity contribution < 1.29 is 31.9 Å². The highest BCUT2D eigenvalue weighted by Crippen LogP contribution is 2.21. The third-order valence-electron chi connectivity index (χ3n) is 3.39. The van der Waals surface area contributed by atoms with E-state index in [1.54, 1.807) is 0 Å². The second-order valence-electron chi connectivity index (χ2n) is 5.11. The van der Waals surface area contributed by atoms with Crippen molar-refractivity contribution in [3.05, 3.63) is 70.5 Å². The highest BCUT2D eigenvalue weighted by molar-refractivity contribution is 5.94. The third kappa shape index (κ3) is 3.53. The second-order valence-corrected chi connectivity index (χ2v) is 5.11. The lowest BCUT2D eigenvalue weighted by molar-refractivity contribution is 0.0846. The Morgan fingerprint density at radius 1 is 1.00 bits per heavy atom. The topological polar surface area (TPSA) is 49.3 Å². The summed E-state index contributed by atoms with van der Waals surface area (Å²) in [4.78, 5) is 11.9. The van der Waals surface area contributed by atoms with Crippen LogP contribution >= 0.6 is 0 Å². The summed E-state index contributed by atoms with van der Waals surface area (Å²) in [5.41, 5.74) is -0.773. The zero-order valence-corrected chi connectivity index (χ0v) is 12.3. The summed E-state index contributed by atoms with van der Waals surface area (Å²) in [6.07, 6.45) is -1.28. The lowest BCUT2D eigenvalue weighted by atomic mass is 10.0. The van der Waals surface area contributed by atoms with Gasteiger partial charge >= 0.3 is 0 Å². The third-order valence-corrected chi connectivity index (χ3v) is 3.39. The van der Waals surface area contributed by atoms with Gasteiger partial charge in [0.15, 0.2) is 23.3 Å². The summed E-state index contributed by atoms with van der Waals surface area (Å²) in [5, 5.41) is 12.2. The van der Waals surface area contributed by atoms with E-state index in [9.17, 15) is 31.9 Å². The quantitative estimate of drug-likeness (QED) is 0.508. The van der Waals surface area contributed by atoms with E-state index in [1.165, 1.54) is 19.1 Å². The maximum Gasteiger partial charge on any atom is 0.254 e. The normalized spacial score (nSPS) is 13.5. The molecule has 0 radical (unpaired) electrons. The maximum atomic E-state index is 13.6. The van der Waals surface area contributed by atoms with Crippen LogP contribution in [0.1, 0.15) is 28.9 Å². The molecule has 0 aliphatic heterocycles. The minimum atomic E-state index is -2.10. The number of benzene rings is 2. The van der Waals surface area contributed by atoms with E-state index in [4.69, 9.17) is 0 Å². The Morgan fingerprint density at radius 2 is 1.58 bits per heavy atom. The summed E-state index contributed by atoms with van der Waals surface area (Å²) in [7, 11) is 0. The average molecular weight is 345 g/mol. The number of aliphatic hydroxyl groups is 1. The van der Waals surface area contributed by atoms with Crippen LogP contribution in [0, 0.1) is 29.1 Å². The van der Waals surface area contributed by atoms with E-state index in [-0.39, 0.29) is 11.6 Å². The van der Waals surface area contributed by atoms with E-state index in [0.717, 1.165) is 12.1 Å². The molecule has 0 aliphatic carbocycles. The van der Waals surface area contributed by atoms with Crippen LogP contribution in [0.15, 0.2) is 30.3 Å². The van der Waals surface area contributed by atoms with Crippen LogP contribution in [-0.4, -0.2) is 17.1 Å². The fraction of sp³-hybridized carbons (Fsp3) is 0.188. The Labute approximate surface area is 133 Å². The minimum absolute atomic E-state index is 0.222. The van der Waals surface area contributed by atoms with Gasteiger partial charge < -0.3 is 10.4 Å². The fourth-order valence-electron chi connectivity index (χ4n) is 2.05. The Hall–Kier alpha value is -2.48. The van der Waals surface area contributed by atoms with Gasteiger partial charge in [0.25, 0.3) is 5.91 Å². The van der Waals surface area contributed by atoms with Crippen LogP contribution < -0.4 is 5.32 Å². The molecule has 0 spiro atoms. The molecule has 2 N–H and O–H groups in total. The first kappa shape index (κ1) is 17.9. The van der Waals surface area contributed by atoms with E-state index in [0.29, 0.717) is 0 Å². The molecule has 0 heterocycles. The number of amides is 1. The van der Waals surface area contributed by atoms with Crippen molar-refractivity contribution in [2.75, 3.05) is 0 Å². The van der Waals surface area contributed by atoms with Gasteiger partial charge in [-0.25, -0.2) is 22.0 Å². The van der Waals surface area contributed by atoms with Crippen molar-refractivity contribution in [3.63, 3.8) is 0 Å². The number of carbonyl (C=O) groups excluding carboxylic acids is 1. The number of hydrogen-bond donors (Lipinski definition) is 2. The summed E-state index contributed by atoms with van der Waals surface area (Å²) in [6.45, 7) is 1.35. The van der Waals surface area contributed by atoms with E-state index >= 15 is 0 Å². The molecule has 24 heavy (non-hydrogen) atoms. The number of halogens is 5. The number of hydrogen-bond acceptors (Lipinski definition) is 2. The zero-order chi connectivity index (χ0) is 18.0. The molecule has 2 unspecified atom stereocenters. The molecule has 2 aromatic carbocycles. The summed E-state index contributed by atoms with van der Waals surface area (Å²) < 4.78 is 65.6. The van der Waals surface area contributed by atoms with E-state index in [1.807, 2.05) is 0 Å². The SMILES string of the molecule is CC(NC(=O)c1cc(F)c(F)c(F)c1F)C(O)c1ccc(F)cc1. The van der Waals surface area contributed by atoms with Gasteiger partial charge in [-0.1, -0.05) is 12.1 Å². The maximum absolute atomic E-state index is 13.6. The van der Waals surface area contributed by atoms with Crippen molar-refractivity contribution in [1.82, 2.24) is 5.32 Å². The largest absolute Gasteiger partial charge is 0.386 e. The van der Waals surface area contributed by atoms with Crippen molar-refractivity contribution in [1.29, 1.82) is 0 Å². The molecule has 128 valence electrons. The zero-order valence-electron chi connectivity index (χ0n) is 12.3. The molecule has 8 heteroatoms. The van der Waals surface area contributed by atoms with Gasteiger partial charge in [-0.2, -0.15) is 0 Å². The van der Waals surface area contributed by atoms with Gasteiger partial charge in [0.05, 0.1) is 17.7 Å². The van der Waals surface area contributed by atoms with Crippen molar-refractivity contribution in [3.8, 4) is 0 Å². The van der Waals surface area contributed by atoms with Crippen LogP contribution in [-0.2, 0) is 0 Å². The standard InChI is InChI=1S/C16H12F5NO2/c1-7(15(23)8-2-4-9(17)5-3-8)22-16(24)10-6-11(18)13(20)14(21)12(10)19/h2-7,15,23H,1H3,(H,22,24). The summed E-state index contributed by atoms with van der Waals surface area (Å²) in [6, 6.07) is 3.97. The molecule has 1 amide bonds. The molecule has 0 fully saturated rings. The van der Waals surface area contributed by atoms with Gasteiger partial charge in [-0.05, 0) is 30.7 Å². The lowest BCUT2D eigenvalue weighted by Crippen LogP contribution is -2.37. The first-order chi connectivity index (χ1) is 11.2. The average Bonchev–Trinajstić information content (AvgIpc) is 2.56. The van der Waals surface area contributed by atoms with E-state index < -0.39 is 52.7 Å². The van der Waals surface area contributed by atoms with Gasteiger partial charge in [-0.15, -0.1) is 0 Å². The smallest absolute Gasteiger partial charge is 0.254 e. The molecule has 2 aromatic rings. The molecule has 0 bridgehead atoms. The van der Waals surface area contributed by atoms with E-state index in [2.05, 4.69) is 5.32 Å². The van der Waals surface area contributed by atoms with Gasteiger partial charge in [-0.3, -0.25) is 4.79 Å². The highest BCUT2D eigenvalue weighted by atomic mass is 19.2. The highest BCUT2D eigenvalue weighted by Gasteiger charge is 2.25. The van der Waals surface area contributed by atoms with Gasteiger partial charge in [0, 0.05) is 0 Å². The van der Waals surface area contributed by atoms with Crippen LogP contribution in [0.4, 0.5) is 22.0 Å². The van der Waals surface area contributed by atoms with Crippen LogP contribution in [0.25, 0.3) is 0 Å². The van der Waals surface area contributed by atoms with Crippen molar-refractivity contribution >= 4 is 5.91 Å². The number of rotatable bonds is 4. The van der Waals surface area contributed by atoms with Crippen LogP contribution in [0.3, 0.4) is 0 Å².